The van der Waals surface area contributed by atoms with Gasteiger partial charge in [0.1, 0.15) is 11.9 Å². The second-order valence-corrected chi connectivity index (χ2v) is 14.7. The normalized spacial score (nSPS) is 12.5. The Kier molecular flexibility index (Phi) is 8.18. The van der Waals surface area contributed by atoms with Gasteiger partial charge >= 0.3 is 6.09 Å². The van der Waals surface area contributed by atoms with Crippen molar-refractivity contribution in [1.82, 2.24) is 5.32 Å². The van der Waals surface area contributed by atoms with Crippen molar-refractivity contribution < 1.29 is 14.3 Å². The van der Waals surface area contributed by atoms with Crippen LogP contribution >= 0.6 is 27.3 Å². The number of para-hydroxylation sites is 1. The zero-order valence-corrected chi connectivity index (χ0v) is 18.9. The van der Waals surface area contributed by atoms with Crippen LogP contribution in [0.2, 0.25) is 25.7 Å². The summed E-state index contributed by atoms with van der Waals surface area (Å²) in [5, 5.41) is 4.86. The number of carbonyl (C=O) groups is 1. The highest BCUT2D eigenvalue weighted by Crippen LogP contribution is 2.32. The van der Waals surface area contributed by atoms with Crippen molar-refractivity contribution in [2.24, 2.45) is 0 Å². The molecule has 1 aromatic heterocycles. The highest BCUT2D eigenvalue weighted by Gasteiger charge is 2.17. The zero-order valence-electron chi connectivity index (χ0n) is 15.5. The summed E-state index contributed by atoms with van der Waals surface area (Å²) in [6, 6.07) is 12.8. The first-order valence-electron chi connectivity index (χ1n) is 8.70. The predicted molar refractivity (Wildman–Crippen MR) is 114 cm³/mol. The Morgan fingerprint density at radius 2 is 2.00 bits per heavy atom. The lowest BCUT2D eigenvalue weighted by Crippen LogP contribution is -2.29. The van der Waals surface area contributed by atoms with Crippen LogP contribution in [0.3, 0.4) is 0 Å². The second kappa shape index (κ2) is 10.1. The van der Waals surface area contributed by atoms with Crippen molar-refractivity contribution >= 4 is 41.4 Å². The van der Waals surface area contributed by atoms with E-state index in [-0.39, 0.29) is 12.2 Å². The molecule has 1 N–H and O–H groups in total. The molecule has 2 rings (SSSR count). The molecule has 0 spiro atoms. The van der Waals surface area contributed by atoms with Crippen LogP contribution in [-0.4, -0.2) is 27.3 Å². The summed E-state index contributed by atoms with van der Waals surface area (Å²) in [6.07, 6.45) is 0.204. The monoisotopic (exact) mass is 455 g/mol. The summed E-state index contributed by atoms with van der Waals surface area (Å²) < 4.78 is 12.4. The molecule has 2 aromatic rings. The van der Waals surface area contributed by atoms with Crippen LogP contribution < -0.4 is 10.1 Å². The number of amides is 1. The van der Waals surface area contributed by atoms with Crippen molar-refractivity contribution in [3.05, 3.63) is 51.1 Å². The Bertz CT molecular complexity index is 688. The van der Waals surface area contributed by atoms with E-state index in [0.29, 0.717) is 19.6 Å². The molecule has 0 saturated heterocycles. The molecule has 0 aliphatic carbocycles. The lowest BCUT2D eigenvalue weighted by Gasteiger charge is -2.19. The smallest absolute Gasteiger partial charge is 0.407 e. The van der Waals surface area contributed by atoms with Crippen LogP contribution in [0.4, 0.5) is 4.79 Å². The van der Waals surface area contributed by atoms with E-state index < -0.39 is 8.07 Å². The average Bonchev–Trinajstić information content (AvgIpc) is 3.09. The fourth-order valence-electron chi connectivity index (χ4n) is 2.23. The van der Waals surface area contributed by atoms with Gasteiger partial charge < -0.3 is 14.8 Å². The fourth-order valence-corrected chi connectivity index (χ4v) is 4.12. The summed E-state index contributed by atoms with van der Waals surface area (Å²) in [5.74, 6) is 0.795. The minimum Gasteiger partial charge on any atom is -0.484 e. The topological polar surface area (TPSA) is 47.6 Å². The Morgan fingerprint density at radius 1 is 1.23 bits per heavy atom. The van der Waals surface area contributed by atoms with E-state index in [9.17, 15) is 4.79 Å². The van der Waals surface area contributed by atoms with E-state index in [0.717, 1.165) is 21.1 Å². The van der Waals surface area contributed by atoms with E-state index in [2.05, 4.69) is 47.0 Å². The Labute approximate surface area is 169 Å². The number of halogens is 1. The standard InChI is InChI=1S/C19H26BrNO3SSi/c1-26(2,3)14-12-23-19(22)21-11-10-17(18-9-6-13-25-18)24-16-8-5-4-7-15(16)20/h4-9,13,17H,10-12,14H2,1-3H3,(H,21,22)/t17-/m1/s1. The molecule has 26 heavy (non-hydrogen) atoms. The molecule has 0 radical (unpaired) electrons. The molecule has 142 valence electrons. The number of nitrogens with one attached hydrogen (secondary N) is 1. The molecule has 0 unspecified atom stereocenters. The van der Waals surface area contributed by atoms with Crippen LogP contribution in [0.15, 0.2) is 46.3 Å². The molecule has 1 amide bonds. The maximum absolute atomic E-state index is 11.8. The summed E-state index contributed by atoms with van der Waals surface area (Å²) >= 11 is 5.17. The molecule has 0 fully saturated rings. The highest BCUT2D eigenvalue weighted by molar-refractivity contribution is 9.10. The molecule has 7 heteroatoms. The van der Waals surface area contributed by atoms with Crippen LogP contribution in [0.25, 0.3) is 0 Å². The van der Waals surface area contributed by atoms with Gasteiger partial charge in [0, 0.05) is 25.9 Å². The first-order valence-corrected chi connectivity index (χ1v) is 14.1. The van der Waals surface area contributed by atoms with Gasteiger partial charge in [0.05, 0.1) is 11.1 Å². The van der Waals surface area contributed by atoms with Gasteiger partial charge in [0.15, 0.2) is 0 Å². The Hall–Kier alpha value is -1.31. The first-order chi connectivity index (χ1) is 12.3. The lowest BCUT2D eigenvalue weighted by atomic mass is 10.2. The SMILES string of the molecule is C[Si](C)(C)CCOC(=O)NCC[C@@H](Oc1ccccc1Br)c1cccs1. The molecule has 0 aliphatic rings. The number of carbonyl (C=O) groups excluding carboxylic acids is 1. The van der Waals surface area contributed by atoms with E-state index in [1.54, 1.807) is 11.3 Å². The molecule has 1 heterocycles. The molecule has 0 saturated carbocycles. The van der Waals surface area contributed by atoms with Crippen LogP contribution in [0, 0.1) is 0 Å². The molecule has 0 aliphatic heterocycles. The van der Waals surface area contributed by atoms with E-state index in [4.69, 9.17) is 9.47 Å². The fraction of sp³-hybridized carbons (Fsp3) is 0.421. The third kappa shape index (κ3) is 7.51. The van der Waals surface area contributed by atoms with Gasteiger partial charge in [-0.2, -0.15) is 0 Å². The molecule has 4 nitrogen and oxygen atoms in total. The third-order valence-corrected chi connectivity index (χ3v) is 7.05. The number of rotatable bonds is 9. The van der Waals surface area contributed by atoms with Crippen molar-refractivity contribution in [3.63, 3.8) is 0 Å². The number of hydrogen-bond acceptors (Lipinski definition) is 4. The van der Waals surface area contributed by atoms with Crippen molar-refractivity contribution in [2.45, 2.75) is 38.2 Å². The summed E-state index contributed by atoms with van der Waals surface area (Å²) in [4.78, 5) is 13.0. The van der Waals surface area contributed by atoms with Gasteiger partial charge in [-0.05, 0) is 45.6 Å². The van der Waals surface area contributed by atoms with Gasteiger partial charge in [0.25, 0.3) is 0 Å². The van der Waals surface area contributed by atoms with Gasteiger partial charge in [0.2, 0.25) is 0 Å². The van der Waals surface area contributed by atoms with E-state index in [1.165, 1.54) is 0 Å². The van der Waals surface area contributed by atoms with Crippen LogP contribution in [-0.2, 0) is 4.74 Å². The minimum absolute atomic E-state index is 0.115. The maximum atomic E-state index is 11.8. The molecular formula is C19H26BrNO3SSi. The third-order valence-electron chi connectivity index (χ3n) is 3.73. The number of benzene rings is 1. The maximum Gasteiger partial charge on any atom is 0.407 e. The Morgan fingerprint density at radius 3 is 2.65 bits per heavy atom. The van der Waals surface area contributed by atoms with Crippen molar-refractivity contribution in [1.29, 1.82) is 0 Å². The quantitative estimate of drug-likeness (QED) is 0.465. The molecule has 0 bridgehead atoms. The first kappa shape index (κ1) is 21.0. The second-order valence-electron chi connectivity index (χ2n) is 7.21. The summed E-state index contributed by atoms with van der Waals surface area (Å²) in [6.45, 7) is 7.78. The van der Waals surface area contributed by atoms with Crippen molar-refractivity contribution in [2.75, 3.05) is 13.2 Å². The van der Waals surface area contributed by atoms with E-state index >= 15 is 0 Å². The van der Waals surface area contributed by atoms with Gasteiger partial charge in [-0.25, -0.2) is 4.79 Å². The summed E-state index contributed by atoms with van der Waals surface area (Å²) in [5.41, 5.74) is 0. The van der Waals surface area contributed by atoms with Crippen LogP contribution in [0.5, 0.6) is 5.75 Å². The number of thiophene rings is 1. The Balaban J connectivity index is 1.84. The van der Waals surface area contributed by atoms with Crippen LogP contribution in [0.1, 0.15) is 17.4 Å². The minimum atomic E-state index is -1.19. The number of ether oxygens (including phenoxy) is 2. The molecular weight excluding hydrogens is 430 g/mol. The van der Waals surface area contributed by atoms with Gasteiger partial charge in [-0.15, -0.1) is 11.3 Å². The largest absolute Gasteiger partial charge is 0.484 e. The summed E-state index contributed by atoms with van der Waals surface area (Å²) in [7, 11) is -1.19. The van der Waals surface area contributed by atoms with Crippen molar-refractivity contribution in [3.8, 4) is 5.75 Å². The average molecular weight is 456 g/mol. The molecule has 1 atom stereocenters. The predicted octanol–water partition coefficient (Wildman–Crippen LogP) is 6.09. The highest BCUT2D eigenvalue weighted by atomic mass is 79.9. The number of alkyl carbamates (subject to hydrolysis) is 1. The van der Waals surface area contributed by atoms with E-state index in [1.807, 2.05) is 35.7 Å². The van der Waals surface area contributed by atoms with Gasteiger partial charge in [-0.1, -0.05) is 37.8 Å². The van der Waals surface area contributed by atoms with Gasteiger partial charge in [-0.3, -0.25) is 0 Å². The lowest BCUT2D eigenvalue weighted by molar-refractivity contribution is 0.148. The molecule has 1 aromatic carbocycles. The zero-order chi connectivity index (χ0) is 19.0. The number of hydrogen-bond donors (Lipinski definition) is 1.